The molecule has 0 atom stereocenters. The van der Waals surface area contributed by atoms with Gasteiger partial charge in [0.05, 0.1) is 7.11 Å². The number of aromatic nitrogens is 2. The topological polar surface area (TPSA) is 56.7 Å². The highest BCUT2D eigenvalue weighted by Crippen LogP contribution is 2.25. The molecule has 3 rings (SSSR count). The molecule has 0 radical (unpaired) electrons. The Morgan fingerprint density at radius 3 is 2.95 bits per heavy atom. The summed E-state index contributed by atoms with van der Waals surface area (Å²) in [4.78, 5) is 16.0. The summed E-state index contributed by atoms with van der Waals surface area (Å²) >= 11 is 5.74. The Balaban J connectivity index is 2.18. The van der Waals surface area contributed by atoms with E-state index in [-0.39, 0.29) is 0 Å². The number of fused-ring (bicyclic) bond motifs is 1. The van der Waals surface area contributed by atoms with Crippen LogP contribution in [0.1, 0.15) is 10.4 Å². The van der Waals surface area contributed by atoms with Crippen molar-refractivity contribution in [2.24, 2.45) is 0 Å². The van der Waals surface area contributed by atoms with Gasteiger partial charge in [0.15, 0.2) is 16.6 Å². The van der Waals surface area contributed by atoms with Crippen molar-refractivity contribution in [3.63, 3.8) is 0 Å². The molecule has 19 heavy (non-hydrogen) atoms. The van der Waals surface area contributed by atoms with Gasteiger partial charge in [-0.15, -0.1) is 0 Å². The quantitative estimate of drug-likeness (QED) is 0.675. The standard InChI is InChI=1S/C13H9ClN2O3/c1-18-13(17)8-3-2-6-16-7-9(15-12(8)16)10-4-5-11(14)19-10/h2-7H,1H3. The van der Waals surface area contributed by atoms with E-state index in [2.05, 4.69) is 4.98 Å². The zero-order valence-electron chi connectivity index (χ0n) is 9.96. The van der Waals surface area contributed by atoms with E-state index < -0.39 is 5.97 Å². The summed E-state index contributed by atoms with van der Waals surface area (Å²) in [7, 11) is 1.34. The van der Waals surface area contributed by atoms with Gasteiger partial charge in [0.2, 0.25) is 0 Å². The first-order valence-corrected chi connectivity index (χ1v) is 5.88. The number of ether oxygens (including phenoxy) is 1. The van der Waals surface area contributed by atoms with Gasteiger partial charge < -0.3 is 13.6 Å². The van der Waals surface area contributed by atoms with Crippen LogP contribution in [0.25, 0.3) is 17.1 Å². The molecule has 0 aromatic carbocycles. The molecular formula is C13H9ClN2O3. The van der Waals surface area contributed by atoms with Crippen LogP contribution < -0.4 is 0 Å². The first-order chi connectivity index (χ1) is 9.19. The molecule has 0 spiro atoms. The summed E-state index contributed by atoms with van der Waals surface area (Å²) in [6, 6.07) is 6.77. The number of hydrogen-bond donors (Lipinski definition) is 0. The first-order valence-electron chi connectivity index (χ1n) is 5.51. The van der Waals surface area contributed by atoms with Crippen LogP contribution in [-0.4, -0.2) is 22.5 Å². The molecular weight excluding hydrogens is 268 g/mol. The van der Waals surface area contributed by atoms with Crippen molar-refractivity contribution in [1.29, 1.82) is 0 Å². The van der Waals surface area contributed by atoms with Crippen LogP contribution in [0.3, 0.4) is 0 Å². The van der Waals surface area contributed by atoms with E-state index >= 15 is 0 Å². The van der Waals surface area contributed by atoms with Crippen molar-refractivity contribution in [3.05, 3.63) is 47.4 Å². The average molecular weight is 277 g/mol. The van der Waals surface area contributed by atoms with Gasteiger partial charge in [-0.2, -0.15) is 0 Å². The van der Waals surface area contributed by atoms with Gasteiger partial charge in [0, 0.05) is 12.4 Å². The maximum Gasteiger partial charge on any atom is 0.341 e. The minimum absolute atomic E-state index is 0.292. The van der Waals surface area contributed by atoms with Crippen molar-refractivity contribution < 1.29 is 13.9 Å². The maximum atomic E-state index is 11.7. The fraction of sp³-hybridized carbons (Fsp3) is 0.0769. The fourth-order valence-electron chi connectivity index (χ4n) is 1.85. The van der Waals surface area contributed by atoms with Gasteiger partial charge in [0.25, 0.3) is 0 Å². The molecule has 96 valence electrons. The SMILES string of the molecule is COC(=O)c1cccn2cc(-c3ccc(Cl)o3)nc12. The van der Waals surface area contributed by atoms with Crippen LogP contribution in [0.4, 0.5) is 0 Å². The highest BCUT2D eigenvalue weighted by atomic mass is 35.5. The lowest BCUT2D eigenvalue weighted by Gasteiger charge is -2.00. The van der Waals surface area contributed by atoms with E-state index in [0.717, 1.165) is 0 Å². The second-order valence-electron chi connectivity index (χ2n) is 3.87. The summed E-state index contributed by atoms with van der Waals surface area (Å²) in [6.45, 7) is 0. The monoisotopic (exact) mass is 276 g/mol. The lowest BCUT2D eigenvalue weighted by atomic mass is 10.3. The minimum Gasteiger partial charge on any atom is -0.465 e. The van der Waals surface area contributed by atoms with E-state index in [0.29, 0.717) is 27.9 Å². The first kappa shape index (κ1) is 11.8. The number of furan rings is 1. The molecule has 0 bridgehead atoms. The normalized spacial score (nSPS) is 10.8. The smallest absolute Gasteiger partial charge is 0.341 e. The average Bonchev–Trinajstić information content (AvgIpc) is 3.02. The van der Waals surface area contributed by atoms with Crippen LogP contribution in [0.2, 0.25) is 5.22 Å². The molecule has 0 amide bonds. The molecule has 0 saturated carbocycles. The third kappa shape index (κ3) is 1.98. The number of imidazole rings is 1. The summed E-state index contributed by atoms with van der Waals surface area (Å²) in [6.07, 6.45) is 3.56. The van der Waals surface area contributed by atoms with Gasteiger partial charge in [-0.1, -0.05) is 0 Å². The predicted octanol–water partition coefficient (Wildman–Crippen LogP) is 3.03. The number of methoxy groups -OCH3 is 1. The minimum atomic E-state index is -0.430. The van der Waals surface area contributed by atoms with Crippen molar-refractivity contribution in [2.45, 2.75) is 0 Å². The number of halogens is 1. The third-order valence-corrected chi connectivity index (χ3v) is 2.92. The zero-order chi connectivity index (χ0) is 13.4. The van der Waals surface area contributed by atoms with E-state index in [9.17, 15) is 4.79 Å². The molecule has 0 unspecified atom stereocenters. The summed E-state index contributed by atoms with van der Waals surface area (Å²) < 4.78 is 11.8. The molecule has 0 saturated heterocycles. The van der Waals surface area contributed by atoms with Crippen LogP contribution >= 0.6 is 11.6 Å². The molecule has 3 aromatic rings. The van der Waals surface area contributed by atoms with Gasteiger partial charge in [-0.3, -0.25) is 0 Å². The predicted molar refractivity (Wildman–Crippen MR) is 69.2 cm³/mol. The lowest BCUT2D eigenvalue weighted by molar-refractivity contribution is 0.0602. The molecule has 6 heteroatoms. The molecule has 0 fully saturated rings. The highest BCUT2D eigenvalue weighted by molar-refractivity contribution is 6.28. The van der Waals surface area contributed by atoms with E-state index in [1.807, 2.05) is 0 Å². The molecule has 3 aromatic heterocycles. The number of pyridine rings is 1. The Morgan fingerprint density at radius 2 is 2.26 bits per heavy atom. The molecule has 0 aliphatic heterocycles. The van der Waals surface area contributed by atoms with Crippen LogP contribution in [0.5, 0.6) is 0 Å². The van der Waals surface area contributed by atoms with E-state index in [4.69, 9.17) is 20.8 Å². The summed E-state index contributed by atoms with van der Waals surface area (Å²) in [5.74, 6) is 0.116. The van der Waals surface area contributed by atoms with Crippen molar-refractivity contribution >= 4 is 23.2 Å². The van der Waals surface area contributed by atoms with Crippen LogP contribution in [0, 0.1) is 0 Å². The number of nitrogens with zero attached hydrogens (tertiary/aromatic N) is 2. The Bertz CT molecular complexity index is 760. The third-order valence-electron chi connectivity index (χ3n) is 2.71. The van der Waals surface area contributed by atoms with Gasteiger partial charge in [-0.05, 0) is 35.9 Å². The van der Waals surface area contributed by atoms with Crippen molar-refractivity contribution in [2.75, 3.05) is 7.11 Å². The lowest BCUT2D eigenvalue weighted by Crippen LogP contribution is -2.03. The Morgan fingerprint density at radius 1 is 1.42 bits per heavy atom. The number of rotatable bonds is 2. The van der Waals surface area contributed by atoms with Crippen molar-refractivity contribution in [1.82, 2.24) is 9.38 Å². The van der Waals surface area contributed by atoms with Gasteiger partial charge >= 0.3 is 5.97 Å². The van der Waals surface area contributed by atoms with Gasteiger partial charge in [0.1, 0.15) is 11.3 Å². The largest absolute Gasteiger partial charge is 0.465 e. The number of carbonyl (C=O) groups excluding carboxylic acids is 1. The second kappa shape index (κ2) is 4.44. The molecule has 0 aliphatic carbocycles. The van der Waals surface area contributed by atoms with Crippen LogP contribution in [0.15, 0.2) is 41.1 Å². The number of carbonyl (C=O) groups is 1. The zero-order valence-corrected chi connectivity index (χ0v) is 10.7. The highest BCUT2D eigenvalue weighted by Gasteiger charge is 2.15. The Labute approximate surface area is 113 Å². The molecule has 0 N–H and O–H groups in total. The summed E-state index contributed by atoms with van der Waals surface area (Å²) in [5, 5.41) is 0.292. The fourth-order valence-corrected chi connectivity index (χ4v) is 2.00. The number of esters is 1. The second-order valence-corrected chi connectivity index (χ2v) is 4.25. The van der Waals surface area contributed by atoms with Crippen molar-refractivity contribution in [3.8, 4) is 11.5 Å². The van der Waals surface area contributed by atoms with Gasteiger partial charge in [-0.25, -0.2) is 9.78 Å². The Hall–Kier alpha value is -2.27. The van der Waals surface area contributed by atoms with Crippen LogP contribution in [-0.2, 0) is 4.74 Å². The molecule has 3 heterocycles. The molecule has 5 nitrogen and oxygen atoms in total. The Kier molecular flexibility index (Phi) is 2.76. The number of hydrogen-bond acceptors (Lipinski definition) is 4. The van der Waals surface area contributed by atoms with E-state index in [1.54, 1.807) is 41.1 Å². The molecule has 0 aliphatic rings. The maximum absolute atomic E-state index is 11.7. The van der Waals surface area contributed by atoms with E-state index in [1.165, 1.54) is 7.11 Å². The summed E-state index contributed by atoms with van der Waals surface area (Å²) in [5.41, 5.74) is 1.51.